The molecule has 0 radical (unpaired) electrons. The summed E-state index contributed by atoms with van der Waals surface area (Å²) in [6.07, 6.45) is 12.5. The predicted molar refractivity (Wildman–Crippen MR) is 60.7 cm³/mol. The molecule has 0 rings (SSSR count). The van der Waals surface area contributed by atoms with Gasteiger partial charge in [-0.15, -0.1) is 0 Å². The van der Waals surface area contributed by atoms with E-state index in [-0.39, 0.29) is 0 Å². The highest BCUT2D eigenvalue weighted by atomic mass is 15.1. The maximum atomic E-state index is 2.28. The van der Waals surface area contributed by atoms with Gasteiger partial charge in [0.2, 0.25) is 0 Å². The summed E-state index contributed by atoms with van der Waals surface area (Å²) in [5, 5.41) is 0. The van der Waals surface area contributed by atoms with Gasteiger partial charge in [0.1, 0.15) is 0 Å². The summed E-state index contributed by atoms with van der Waals surface area (Å²) in [5.74, 6) is 0. The van der Waals surface area contributed by atoms with Gasteiger partial charge < -0.3 is 4.90 Å². The molecule has 0 bridgehead atoms. The molecule has 0 amide bonds. The minimum atomic E-state index is 1.09. The maximum absolute atomic E-state index is 2.28. The fourth-order valence-electron chi connectivity index (χ4n) is 1.10. The van der Waals surface area contributed by atoms with Crippen LogP contribution in [0.3, 0.4) is 0 Å². The van der Waals surface area contributed by atoms with Crippen LogP contribution in [-0.4, -0.2) is 18.0 Å². The van der Waals surface area contributed by atoms with Gasteiger partial charge in [0.05, 0.1) is 0 Å². The molecular formula is C12H23N. The molecule has 0 unspecified atom stereocenters. The van der Waals surface area contributed by atoms with Gasteiger partial charge >= 0.3 is 0 Å². The van der Waals surface area contributed by atoms with Crippen molar-refractivity contribution in [1.29, 1.82) is 0 Å². The molecule has 0 saturated heterocycles. The molecule has 0 aliphatic carbocycles. The van der Waals surface area contributed by atoms with Crippen LogP contribution in [-0.2, 0) is 0 Å². The fourth-order valence-corrected chi connectivity index (χ4v) is 1.10. The average molecular weight is 181 g/mol. The average Bonchev–Trinajstić information content (AvgIpc) is 2.17. The third-order valence-electron chi connectivity index (χ3n) is 2.08. The molecule has 1 heteroatoms. The number of hydrogen-bond donors (Lipinski definition) is 0. The summed E-state index contributed by atoms with van der Waals surface area (Å²) in [6.45, 7) is 8.76. The van der Waals surface area contributed by atoms with Gasteiger partial charge in [-0.05, 0) is 32.5 Å². The number of rotatable bonds is 7. The first kappa shape index (κ1) is 12.3. The quantitative estimate of drug-likeness (QED) is 0.428. The van der Waals surface area contributed by atoms with Crippen LogP contribution in [0.4, 0.5) is 0 Å². The Morgan fingerprint density at radius 2 is 1.69 bits per heavy atom. The largest absolute Gasteiger partial charge is 0.378 e. The van der Waals surface area contributed by atoms with Crippen molar-refractivity contribution in [3.63, 3.8) is 0 Å². The highest BCUT2D eigenvalue weighted by Crippen LogP contribution is 1.95. The summed E-state index contributed by atoms with van der Waals surface area (Å²) < 4.78 is 0. The highest BCUT2D eigenvalue weighted by Gasteiger charge is 1.86. The standard InChI is InChI=1S/C12H23N/c1-4-7-8-9-10-11-12-13(5-2)6-3/h9-12H,4-8H2,1-3H3. The van der Waals surface area contributed by atoms with Crippen molar-refractivity contribution in [3.05, 3.63) is 24.4 Å². The smallest absolute Gasteiger partial charge is 0.0143 e. The lowest BCUT2D eigenvalue weighted by Crippen LogP contribution is -2.14. The van der Waals surface area contributed by atoms with Crippen LogP contribution < -0.4 is 0 Å². The lowest BCUT2D eigenvalue weighted by molar-refractivity contribution is 0.419. The van der Waals surface area contributed by atoms with Gasteiger partial charge in [0.25, 0.3) is 0 Å². The lowest BCUT2D eigenvalue weighted by Gasteiger charge is -2.13. The third kappa shape index (κ3) is 7.63. The topological polar surface area (TPSA) is 3.24 Å². The Hall–Kier alpha value is -0.720. The second-order valence-electron chi connectivity index (χ2n) is 3.13. The van der Waals surface area contributed by atoms with Crippen LogP contribution in [0.25, 0.3) is 0 Å². The predicted octanol–water partition coefficient (Wildman–Crippen LogP) is 3.59. The second kappa shape index (κ2) is 9.37. The number of allylic oxidation sites excluding steroid dienone is 3. The zero-order valence-corrected chi connectivity index (χ0v) is 9.29. The Bertz CT molecular complexity index is 143. The number of hydrogen-bond acceptors (Lipinski definition) is 1. The summed E-state index contributed by atoms with van der Waals surface area (Å²) >= 11 is 0. The summed E-state index contributed by atoms with van der Waals surface area (Å²) in [7, 11) is 0. The Balaban J connectivity index is 3.53. The molecule has 76 valence electrons. The molecule has 1 nitrogen and oxygen atoms in total. The van der Waals surface area contributed by atoms with E-state index in [0.29, 0.717) is 0 Å². The van der Waals surface area contributed by atoms with Crippen LogP contribution >= 0.6 is 0 Å². The minimum absolute atomic E-state index is 1.09. The van der Waals surface area contributed by atoms with Gasteiger partial charge in [0.15, 0.2) is 0 Å². The minimum Gasteiger partial charge on any atom is -0.378 e. The molecule has 0 atom stereocenters. The molecule has 0 spiro atoms. The van der Waals surface area contributed by atoms with Crippen LogP contribution in [0, 0.1) is 0 Å². The highest BCUT2D eigenvalue weighted by molar-refractivity contribution is 5.01. The molecule has 0 aliphatic rings. The van der Waals surface area contributed by atoms with Crippen LogP contribution in [0.15, 0.2) is 24.4 Å². The van der Waals surface area contributed by atoms with E-state index < -0.39 is 0 Å². The maximum Gasteiger partial charge on any atom is 0.0143 e. The molecule has 0 N–H and O–H groups in total. The van der Waals surface area contributed by atoms with E-state index in [0.717, 1.165) is 13.1 Å². The first-order chi connectivity index (χ1) is 6.35. The van der Waals surface area contributed by atoms with Gasteiger partial charge in [-0.3, -0.25) is 0 Å². The first-order valence-corrected chi connectivity index (χ1v) is 5.42. The monoisotopic (exact) mass is 181 g/mol. The number of nitrogens with zero attached hydrogens (tertiary/aromatic N) is 1. The van der Waals surface area contributed by atoms with Gasteiger partial charge in [-0.25, -0.2) is 0 Å². The van der Waals surface area contributed by atoms with Crippen molar-refractivity contribution in [1.82, 2.24) is 4.90 Å². The molecule has 0 aromatic heterocycles. The third-order valence-corrected chi connectivity index (χ3v) is 2.08. The first-order valence-electron chi connectivity index (χ1n) is 5.42. The Morgan fingerprint density at radius 3 is 2.23 bits per heavy atom. The van der Waals surface area contributed by atoms with E-state index in [2.05, 4.69) is 50.1 Å². The van der Waals surface area contributed by atoms with Crippen LogP contribution in [0.2, 0.25) is 0 Å². The van der Waals surface area contributed by atoms with E-state index in [4.69, 9.17) is 0 Å². The number of unbranched alkanes of at least 4 members (excludes halogenated alkanes) is 2. The van der Waals surface area contributed by atoms with Crippen LogP contribution in [0.1, 0.15) is 40.0 Å². The molecular weight excluding hydrogens is 158 g/mol. The zero-order chi connectivity index (χ0) is 9.94. The Morgan fingerprint density at radius 1 is 1.00 bits per heavy atom. The van der Waals surface area contributed by atoms with Crippen molar-refractivity contribution in [2.45, 2.75) is 40.0 Å². The van der Waals surface area contributed by atoms with Crippen molar-refractivity contribution in [2.75, 3.05) is 13.1 Å². The van der Waals surface area contributed by atoms with E-state index in [1.165, 1.54) is 19.3 Å². The van der Waals surface area contributed by atoms with E-state index >= 15 is 0 Å². The lowest BCUT2D eigenvalue weighted by atomic mass is 10.2. The molecule has 0 aromatic carbocycles. The molecule has 0 aromatic rings. The van der Waals surface area contributed by atoms with E-state index in [9.17, 15) is 0 Å². The summed E-state index contributed by atoms with van der Waals surface area (Å²) in [6, 6.07) is 0. The zero-order valence-electron chi connectivity index (χ0n) is 9.29. The van der Waals surface area contributed by atoms with Gasteiger partial charge in [-0.1, -0.05) is 31.9 Å². The molecule has 0 heterocycles. The summed E-state index contributed by atoms with van der Waals surface area (Å²) in [4.78, 5) is 2.28. The van der Waals surface area contributed by atoms with Crippen molar-refractivity contribution in [2.24, 2.45) is 0 Å². The van der Waals surface area contributed by atoms with Crippen molar-refractivity contribution >= 4 is 0 Å². The second-order valence-corrected chi connectivity index (χ2v) is 3.13. The van der Waals surface area contributed by atoms with Gasteiger partial charge in [-0.2, -0.15) is 0 Å². The van der Waals surface area contributed by atoms with Crippen LogP contribution in [0.5, 0.6) is 0 Å². The molecule has 0 aliphatic heterocycles. The molecule has 0 saturated carbocycles. The Kier molecular flexibility index (Phi) is 8.85. The van der Waals surface area contributed by atoms with Crippen molar-refractivity contribution < 1.29 is 0 Å². The normalized spacial score (nSPS) is 11.6. The fraction of sp³-hybridized carbons (Fsp3) is 0.667. The van der Waals surface area contributed by atoms with Gasteiger partial charge in [0, 0.05) is 13.1 Å². The SMILES string of the molecule is CCCCC=CC=CN(CC)CC. The molecule has 13 heavy (non-hydrogen) atoms. The van der Waals surface area contributed by atoms with E-state index in [1.807, 2.05) is 0 Å². The Labute approximate surface area is 83.1 Å². The summed E-state index contributed by atoms with van der Waals surface area (Å²) in [5.41, 5.74) is 0. The van der Waals surface area contributed by atoms with Crippen molar-refractivity contribution in [3.8, 4) is 0 Å². The van der Waals surface area contributed by atoms with E-state index in [1.54, 1.807) is 0 Å². The molecule has 0 fully saturated rings.